The lowest BCUT2D eigenvalue weighted by molar-refractivity contribution is 0.0694. The van der Waals surface area contributed by atoms with Crippen LogP contribution >= 0.6 is 35.0 Å². The van der Waals surface area contributed by atoms with Crippen molar-refractivity contribution in [3.05, 3.63) is 81.8 Å². The maximum Gasteiger partial charge on any atom is 0.339 e. The van der Waals surface area contributed by atoms with Gasteiger partial charge in [0.2, 0.25) is 0 Å². The molecule has 0 heterocycles. The largest absolute Gasteiger partial charge is 0.507 e. The van der Waals surface area contributed by atoms with Crippen molar-refractivity contribution in [2.45, 2.75) is 16.3 Å². The maximum atomic E-state index is 11.1. The molecule has 7 heteroatoms. The third-order valence-electron chi connectivity index (χ3n) is 3.80. The zero-order chi connectivity index (χ0) is 19.4. The lowest BCUT2D eigenvalue weighted by Gasteiger charge is -2.12. The number of nitrogens with one attached hydrogen (secondary N) is 1. The number of carboxylic acid groups (broad SMARTS) is 1. The molecule has 0 aliphatic carbocycles. The first-order valence-electron chi connectivity index (χ1n) is 7.95. The summed E-state index contributed by atoms with van der Waals surface area (Å²) < 4.78 is 0. The van der Waals surface area contributed by atoms with E-state index in [1.165, 1.54) is 12.1 Å². The monoisotopic (exact) mass is 419 g/mol. The van der Waals surface area contributed by atoms with E-state index >= 15 is 0 Å². The van der Waals surface area contributed by atoms with Crippen LogP contribution in [0.25, 0.3) is 0 Å². The number of aromatic carboxylic acids is 1. The standard InChI is InChI=1S/C20H15Cl2NO3S/c21-16-7-6-14(10-17(16)22)27-19-4-2-1-3-12(19)11-23-13-5-8-18(24)15(9-13)20(25)26/h1-10,23-24H,11H2,(H,25,26). The van der Waals surface area contributed by atoms with Crippen LogP contribution in [0.1, 0.15) is 15.9 Å². The topological polar surface area (TPSA) is 69.6 Å². The Bertz CT molecular complexity index is 995. The first kappa shape index (κ1) is 19.4. The van der Waals surface area contributed by atoms with E-state index in [1.54, 1.807) is 23.9 Å². The summed E-state index contributed by atoms with van der Waals surface area (Å²) in [6.07, 6.45) is 0. The number of hydrogen-bond donors (Lipinski definition) is 3. The van der Waals surface area contributed by atoms with Gasteiger partial charge >= 0.3 is 5.97 Å². The van der Waals surface area contributed by atoms with Crippen molar-refractivity contribution in [1.82, 2.24) is 0 Å². The number of hydrogen-bond acceptors (Lipinski definition) is 4. The third kappa shape index (κ3) is 4.89. The summed E-state index contributed by atoms with van der Waals surface area (Å²) in [5.74, 6) is -1.43. The molecule has 3 aromatic rings. The van der Waals surface area contributed by atoms with E-state index in [4.69, 9.17) is 28.3 Å². The number of benzene rings is 3. The lowest BCUT2D eigenvalue weighted by atomic mass is 10.1. The van der Waals surface area contributed by atoms with Crippen LogP contribution in [0.3, 0.4) is 0 Å². The van der Waals surface area contributed by atoms with Gasteiger partial charge in [-0.2, -0.15) is 0 Å². The normalized spacial score (nSPS) is 10.6. The van der Waals surface area contributed by atoms with Crippen molar-refractivity contribution in [1.29, 1.82) is 0 Å². The van der Waals surface area contributed by atoms with E-state index < -0.39 is 5.97 Å². The Balaban J connectivity index is 1.77. The summed E-state index contributed by atoms with van der Waals surface area (Å²) in [6, 6.07) is 17.8. The average Bonchev–Trinajstić information content (AvgIpc) is 2.65. The van der Waals surface area contributed by atoms with Crippen molar-refractivity contribution in [3.8, 4) is 5.75 Å². The van der Waals surface area contributed by atoms with Crippen LogP contribution < -0.4 is 5.32 Å². The fourth-order valence-corrected chi connectivity index (χ4v) is 3.78. The maximum absolute atomic E-state index is 11.1. The Hall–Kier alpha value is -2.34. The molecule has 0 aliphatic rings. The summed E-state index contributed by atoms with van der Waals surface area (Å²) in [4.78, 5) is 13.2. The van der Waals surface area contributed by atoms with Crippen molar-refractivity contribution >= 4 is 46.6 Å². The quantitative estimate of drug-likeness (QED) is 0.417. The Morgan fingerprint density at radius 2 is 1.78 bits per heavy atom. The number of anilines is 1. The minimum atomic E-state index is -1.17. The number of halogens is 2. The predicted octanol–water partition coefficient (Wildman–Crippen LogP) is 6.16. The Morgan fingerprint density at radius 1 is 1.00 bits per heavy atom. The second-order valence-electron chi connectivity index (χ2n) is 5.68. The second kappa shape index (κ2) is 8.57. The van der Waals surface area contributed by atoms with Crippen LogP contribution in [0, 0.1) is 0 Å². The fourth-order valence-electron chi connectivity index (χ4n) is 2.43. The van der Waals surface area contributed by atoms with Crippen molar-refractivity contribution in [2.24, 2.45) is 0 Å². The van der Waals surface area contributed by atoms with Gasteiger partial charge in [-0.1, -0.05) is 53.2 Å². The van der Waals surface area contributed by atoms with Gasteiger partial charge in [-0.05, 0) is 48.0 Å². The summed E-state index contributed by atoms with van der Waals surface area (Å²) in [6.45, 7) is 0.494. The Morgan fingerprint density at radius 3 is 2.52 bits per heavy atom. The van der Waals surface area contributed by atoms with Crippen LogP contribution in [0.15, 0.2) is 70.5 Å². The molecular weight excluding hydrogens is 405 g/mol. The molecule has 0 aromatic heterocycles. The number of carbonyl (C=O) groups is 1. The minimum Gasteiger partial charge on any atom is -0.507 e. The highest BCUT2D eigenvalue weighted by atomic mass is 35.5. The van der Waals surface area contributed by atoms with Gasteiger partial charge in [-0.25, -0.2) is 4.79 Å². The zero-order valence-corrected chi connectivity index (χ0v) is 16.3. The number of phenols is 1. The van der Waals surface area contributed by atoms with Crippen LogP contribution in [0.2, 0.25) is 10.0 Å². The highest BCUT2D eigenvalue weighted by Crippen LogP contribution is 2.34. The molecule has 0 amide bonds. The summed E-state index contributed by atoms with van der Waals surface area (Å²) >= 11 is 13.6. The van der Waals surface area contributed by atoms with Crippen LogP contribution in [-0.4, -0.2) is 16.2 Å². The Kier molecular flexibility index (Phi) is 6.16. The number of rotatable bonds is 6. The molecule has 4 nitrogen and oxygen atoms in total. The van der Waals surface area contributed by atoms with Gasteiger partial charge < -0.3 is 15.5 Å². The highest BCUT2D eigenvalue weighted by Gasteiger charge is 2.11. The van der Waals surface area contributed by atoms with Gasteiger partial charge in [0.05, 0.1) is 10.0 Å². The molecule has 3 rings (SSSR count). The SMILES string of the molecule is O=C(O)c1cc(NCc2ccccc2Sc2ccc(Cl)c(Cl)c2)ccc1O. The molecule has 0 atom stereocenters. The molecule has 138 valence electrons. The van der Waals surface area contributed by atoms with Gasteiger partial charge in [-0.15, -0.1) is 0 Å². The molecule has 0 saturated heterocycles. The molecule has 3 N–H and O–H groups in total. The van der Waals surface area contributed by atoms with E-state index in [0.29, 0.717) is 22.3 Å². The molecule has 0 aliphatic heterocycles. The minimum absolute atomic E-state index is 0.140. The smallest absolute Gasteiger partial charge is 0.339 e. The first-order valence-corrected chi connectivity index (χ1v) is 9.52. The lowest BCUT2D eigenvalue weighted by Crippen LogP contribution is -2.03. The predicted molar refractivity (Wildman–Crippen MR) is 109 cm³/mol. The van der Waals surface area contributed by atoms with Gasteiger partial charge in [0.1, 0.15) is 11.3 Å². The van der Waals surface area contributed by atoms with E-state index in [9.17, 15) is 9.90 Å². The van der Waals surface area contributed by atoms with E-state index in [2.05, 4.69) is 5.32 Å². The van der Waals surface area contributed by atoms with Crippen molar-refractivity contribution < 1.29 is 15.0 Å². The van der Waals surface area contributed by atoms with Gasteiger partial charge in [-0.3, -0.25) is 0 Å². The number of carboxylic acids is 1. The molecule has 0 radical (unpaired) electrons. The molecule has 3 aromatic carbocycles. The second-order valence-corrected chi connectivity index (χ2v) is 7.61. The van der Waals surface area contributed by atoms with Crippen LogP contribution in [0.5, 0.6) is 5.75 Å². The Labute approximate surface area is 170 Å². The van der Waals surface area contributed by atoms with Crippen molar-refractivity contribution in [3.63, 3.8) is 0 Å². The van der Waals surface area contributed by atoms with Gasteiger partial charge in [0.25, 0.3) is 0 Å². The molecule has 0 fully saturated rings. The fraction of sp³-hybridized carbons (Fsp3) is 0.0500. The number of aromatic hydroxyl groups is 1. The van der Waals surface area contributed by atoms with Crippen LogP contribution in [0.4, 0.5) is 5.69 Å². The van der Waals surface area contributed by atoms with Gasteiger partial charge in [0, 0.05) is 22.0 Å². The van der Waals surface area contributed by atoms with Gasteiger partial charge in [0.15, 0.2) is 0 Å². The molecule has 0 saturated carbocycles. The summed E-state index contributed by atoms with van der Waals surface area (Å²) in [5, 5.41) is 22.9. The molecule has 27 heavy (non-hydrogen) atoms. The third-order valence-corrected chi connectivity index (χ3v) is 5.65. The van der Waals surface area contributed by atoms with E-state index in [1.807, 2.05) is 36.4 Å². The highest BCUT2D eigenvalue weighted by molar-refractivity contribution is 7.99. The zero-order valence-electron chi connectivity index (χ0n) is 13.9. The molecule has 0 bridgehead atoms. The summed E-state index contributed by atoms with van der Waals surface area (Å²) in [7, 11) is 0. The van der Waals surface area contributed by atoms with E-state index in [0.717, 1.165) is 15.4 Å². The van der Waals surface area contributed by atoms with Crippen molar-refractivity contribution in [2.75, 3.05) is 5.32 Å². The molecular formula is C20H15Cl2NO3S. The first-order chi connectivity index (χ1) is 12.9. The van der Waals surface area contributed by atoms with Crippen LogP contribution in [-0.2, 0) is 6.54 Å². The summed E-state index contributed by atoms with van der Waals surface area (Å²) in [5.41, 5.74) is 1.51. The average molecular weight is 420 g/mol. The molecule has 0 unspecified atom stereocenters. The molecule has 0 spiro atoms. The van der Waals surface area contributed by atoms with E-state index in [-0.39, 0.29) is 11.3 Å².